The van der Waals surface area contributed by atoms with Crippen molar-refractivity contribution in [2.75, 3.05) is 19.7 Å². The van der Waals surface area contributed by atoms with Crippen molar-refractivity contribution in [1.29, 1.82) is 0 Å². The predicted octanol–water partition coefficient (Wildman–Crippen LogP) is 4.29. The van der Waals surface area contributed by atoms with Crippen LogP contribution >= 0.6 is 0 Å². The van der Waals surface area contributed by atoms with Crippen LogP contribution in [0.5, 0.6) is 0 Å². The molecule has 1 aromatic heterocycles. The van der Waals surface area contributed by atoms with Gasteiger partial charge in [-0.2, -0.15) is 13.2 Å². The molecule has 0 saturated carbocycles. The van der Waals surface area contributed by atoms with Crippen LogP contribution in [0, 0.1) is 5.82 Å². The van der Waals surface area contributed by atoms with Crippen LogP contribution < -0.4 is 0 Å². The number of halogens is 4. The lowest BCUT2D eigenvalue weighted by molar-refractivity contribution is -0.137. The third-order valence-electron chi connectivity index (χ3n) is 4.66. The van der Waals surface area contributed by atoms with Crippen LogP contribution in [0.2, 0.25) is 0 Å². The van der Waals surface area contributed by atoms with Gasteiger partial charge in [-0.05, 0) is 41.5 Å². The molecule has 3 aromatic rings. The first-order valence-corrected chi connectivity index (χ1v) is 8.52. The smallest absolute Gasteiger partial charge is 0.371 e. The van der Waals surface area contributed by atoms with Crippen LogP contribution in [-0.4, -0.2) is 34.6 Å². The summed E-state index contributed by atoms with van der Waals surface area (Å²) < 4.78 is 58.2. The Hall–Kier alpha value is -2.45. The molecule has 1 fully saturated rings. The maximum Gasteiger partial charge on any atom is 0.416 e. The fraction of sp³-hybridized carbons (Fsp3) is 0.316. The maximum absolute atomic E-state index is 13.6. The first-order chi connectivity index (χ1) is 12.9. The largest absolute Gasteiger partial charge is 0.416 e. The van der Waals surface area contributed by atoms with Crippen molar-refractivity contribution in [3.05, 3.63) is 65.2 Å². The number of imidazole rings is 1. The zero-order valence-electron chi connectivity index (χ0n) is 14.3. The molecule has 0 aliphatic carbocycles. The summed E-state index contributed by atoms with van der Waals surface area (Å²) in [5, 5.41) is 0. The van der Waals surface area contributed by atoms with Crippen molar-refractivity contribution < 1.29 is 22.3 Å². The van der Waals surface area contributed by atoms with E-state index in [1.54, 1.807) is 6.33 Å². The summed E-state index contributed by atoms with van der Waals surface area (Å²) in [7, 11) is 0. The summed E-state index contributed by atoms with van der Waals surface area (Å²) in [6.07, 6.45) is -3.16. The number of nitrogens with one attached hydrogen (secondary N) is 1. The van der Waals surface area contributed by atoms with Gasteiger partial charge in [0.1, 0.15) is 5.82 Å². The quantitative estimate of drug-likeness (QED) is 0.690. The minimum Gasteiger partial charge on any atom is -0.371 e. The number of ether oxygens (including phenoxy) is 1. The number of benzene rings is 2. The minimum atomic E-state index is -4.57. The second-order valence-electron chi connectivity index (χ2n) is 6.62. The average molecular weight is 379 g/mol. The highest BCUT2D eigenvalue weighted by Crippen LogP contribution is 2.31. The first kappa shape index (κ1) is 17.9. The van der Waals surface area contributed by atoms with Crippen LogP contribution in [0.3, 0.4) is 0 Å². The molecular formula is C19H17F4N3O. The number of fused-ring (bicyclic) bond motifs is 1. The predicted molar refractivity (Wildman–Crippen MR) is 91.5 cm³/mol. The Balaban J connectivity index is 1.51. The van der Waals surface area contributed by atoms with E-state index in [1.807, 2.05) is 23.1 Å². The molecule has 0 bridgehead atoms. The molecule has 27 heavy (non-hydrogen) atoms. The second-order valence-corrected chi connectivity index (χ2v) is 6.62. The van der Waals surface area contributed by atoms with E-state index in [9.17, 15) is 17.6 Å². The monoisotopic (exact) mass is 379 g/mol. The molecule has 2 heterocycles. The number of rotatable bonds is 3. The van der Waals surface area contributed by atoms with Gasteiger partial charge in [-0.1, -0.05) is 6.07 Å². The van der Waals surface area contributed by atoms with E-state index in [2.05, 4.69) is 9.97 Å². The lowest BCUT2D eigenvalue weighted by atomic mass is 10.1. The normalized spacial score (nSPS) is 18.9. The molecule has 1 N–H and O–H groups in total. The fourth-order valence-electron chi connectivity index (χ4n) is 3.36. The number of nitrogens with zero attached hydrogens (tertiary/aromatic N) is 2. The van der Waals surface area contributed by atoms with Crippen LogP contribution in [0.4, 0.5) is 17.6 Å². The molecule has 0 amide bonds. The van der Waals surface area contributed by atoms with Gasteiger partial charge in [0.05, 0.1) is 35.6 Å². The van der Waals surface area contributed by atoms with E-state index < -0.39 is 17.6 Å². The van der Waals surface area contributed by atoms with Gasteiger partial charge in [0.25, 0.3) is 0 Å². The third kappa shape index (κ3) is 3.96. The molecule has 1 aliphatic rings. The van der Waals surface area contributed by atoms with Gasteiger partial charge in [-0.15, -0.1) is 0 Å². The maximum atomic E-state index is 13.6. The first-order valence-electron chi connectivity index (χ1n) is 8.52. The van der Waals surface area contributed by atoms with Crippen LogP contribution in [0.15, 0.2) is 42.7 Å². The molecule has 1 saturated heterocycles. The molecule has 2 aromatic carbocycles. The summed E-state index contributed by atoms with van der Waals surface area (Å²) in [5.74, 6) is -0.880. The highest BCUT2D eigenvalue weighted by molar-refractivity contribution is 5.75. The summed E-state index contributed by atoms with van der Waals surface area (Å²) in [6, 6.07) is 8.46. The van der Waals surface area contributed by atoms with Gasteiger partial charge in [0.15, 0.2) is 0 Å². The lowest BCUT2D eigenvalue weighted by Crippen LogP contribution is -2.37. The number of H-pyrrole nitrogens is 1. The Morgan fingerprint density at radius 2 is 2.04 bits per heavy atom. The van der Waals surface area contributed by atoms with Crippen LogP contribution in [-0.2, 0) is 17.5 Å². The van der Waals surface area contributed by atoms with Crippen molar-refractivity contribution in [2.24, 2.45) is 0 Å². The fourth-order valence-corrected chi connectivity index (χ4v) is 3.36. The van der Waals surface area contributed by atoms with Crippen molar-refractivity contribution in [3.63, 3.8) is 0 Å². The van der Waals surface area contributed by atoms with Gasteiger partial charge in [0, 0.05) is 19.6 Å². The van der Waals surface area contributed by atoms with Crippen LogP contribution in [0.1, 0.15) is 22.8 Å². The second kappa shape index (κ2) is 6.94. The third-order valence-corrected chi connectivity index (χ3v) is 4.66. The Morgan fingerprint density at radius 1 is 1.19 bits per heavy atom. The highest BCUT2D eigenvalue weighted by Gasteiger charge is 2.31. The standard InChI is InChI=1S/C19H17F4N3O/c20-15-6-12(5-14(8-15)19(21,22)23)9-26-3-4-27-18(10-26)13-1-2-16-17(7-13)25-11-24-16/h1-2,5-8,11,18H,3-4,9-10H2,(H,24,25)/t18-/m1/s1. The summed E-state index contributed by atoms with van der Waals surface area (Å²) in [4.78, 5) is 9.20. The molecule has 142 valence electrons. The van der Waals surface area contributed by atoms with Gasteiger partial charge >= 0.3 is 6.18 Å². The number of hydrogen-bond donors (Lipinski definition) is 1. The van der Waals surface area contributed by atoms with E-state index in [4.69, 9.17) is 4.74 Å². The number of aromatic nitrogens is 2. The van der Waals surface area contributed by atoms with E-state index in [-0.39, 0.29) is 12.6 Å². The summed E-state index contributed by atoms with van der Waals surface area (Å²) >= 11 is 0. The summed E-state index contributed by atoms with van der Waals surface area (Å²) in [6.45, 7) is 1.76. The number of hydrogen-bond acceptors (Lipinski definition) is 3. The highest BCUT2D eigenvalue weighted by atomic mass is 19.4. The van der Waals surface area contributed by atoms with Gasteiger partial charge in [0.2, 0.25) is 0 Å². The van der Waals surface area contributed by atoms with Gasteiger partial charge < -0.3 is 9.72 Å². The van der Waals surface area contributed by atoms with E-state index >= 15 is 0 Å². The molecule has 0 radical (unpaired) electrons. The minimum absolute atomic E-state index is 0.206. The Morgan fingerprint density at radius 3 is 2.85 bits per heavy atom. The molecular weight excluding hydrogens is 362 g/mol. The van der Waals surface area contributed by atoms with Crippen LogP contribution in [0.25, 0.3) is 11.0 Å². The average Bonchev–Trinajstić information content (AvgIpc) is 3.08. The van der Waals surface area contributed by atoms with E-state index in [0.717, 1.165) is 28.7 Å². The molecule has 1 aliphatic heterocycles. The SMILES string of the molecule is Fc1cc(CN2CCO[C@@H](c3ccc4nc[nH]c4c3)C2)cc(C(F)(F)F)c1. The molecule has 4 rings (SSSR count). The number of morpholine rings is 1. The van der Waals surface area contributed by atoms with Gasteiger partial charge in [-0.3, -0.25) is 4.90 Å². The van der Waals surface area contributed by atoms with Crippen molar-refractivity contribution >= 4 is 11.0 Å². The van der Waals surface area contributed by atoms with Crippen molar-refractivity contribution in [2.45, 2.75) is 18.8 Å². The zero-order valence-corrected chi connectivity index (χ0v) is 14.3. The Labute approximate surface area is 152 Å². The number of aromatic amines is 1. The topological polar surface area (TPSA) is 41.1 Å². The van der Waals surface area contributed by atoms with E-state index in [1.165, 1.54) is 0 Å². The Kier molecular flexibility index (Phi) is 4.61. The van der Waals surface area contributed by atoms with Crippen molar-refractivity contribution in [3.8, 4) is 0 Å². The van der Waals surface area contributed by atoms with E-state index in [0.29, 0.717) is 31.3 Å². The summed E-state index contributed by atoms with van der Waals surface area (Å²) in [5.41, 5.74) is 2.05. The number of alkyl halides is 3. The molecule has 1 atom stereocenters. The van der Waals surface area contributed by atoms with Gasteiger partial charge in [-0.25, -0.2) is 9.37 Å². The molecule has 8 heteroatoms. The van der Waals surface area contributed by atoms with Crippen molar-refractivity contribution in [1.82, 2.24) is 14.9 Å². The Bertz CT molecular complexity index is 954. The molecule has 0 unspecified atom stereocenters. The zero-order chi connectivity index (χ0) is 19.0. The molecule has 0 spiro atoms. The lowest BCUT2D eigenvalue weighted by Gasteiger charge is -2.33. The molecule has 4 nitrogen and oxygen atoms in total.